The highest BCUT2D eigenvalue weighted by Gasteiger charge is 2.30. The van der Waals surface area contributed by atoms with Gasteiger partial charge in [-0.25, -0.2) is 0 Å². The third kappa shape index (κ3) is 1.92. The summed E-state index contributed by atoms with van der Waals surface area (Å²) in [5.41, 5.74) is 0. The third-order valence-corrected chi connectivity index (χ3v) is 3.38. The van der Waals surface area contributed by atoms with Crippen LogP contribution in [0.1, 0.15) is 12.5 Å². The Hall–Kier alpha value is -0.870. The van der Waals surface area contributed by atoms with Gasteiger partial charge in [-0.05, 0) is 18.4 Å². The molecule has 0 aliphatic carbocycles. The van der Waals surface area contributed by atoms with Crippen LogP contribution in [-0.4, -0.2) is 47.5 Å². The maximum Gasteiger partial charge on any atom is 0.0772 e. The van der Waals surface area contributed by atoms with Crippen molar-refractivity contribution in [3.8, 4) is 0 Å². The van der Waals surface area contributed by atoms with Crippen LogP contribution in [0.15, 0.2) is 18.5 Å². The molecule has 2 aliphatic rings. The first-order chi connectivity index (χ1) is 7.42. The molecule has 2 fully saturated rings. The lowest BCUT2D eigenvalue weighted by Crippen LogP contribution is -2.49. The molecule has 4 nitrogen and oxygen atoms in total. The van der Waals surface area contributed by atoms with E-state index in [9.17, 15) is 0 Å². The lowest BCUT2D eigenvalue weighted by molar-refractivity contribution is 0.0758. The van der Waals surface area contributed by atoms with Gasteiger partial charge in [0.15, 0.2) is 0 Å². The summed E-state index contributed by atoms with van der Waals surface area (Å²) in [6.07, 6.45) is 5.15. The predicted molar refractivity (Wildman–Crippen MR) is 56.6 cm³/mol. The molecule has 4 heteroatoms. The highest BCUT2D eigenvalue weighted by molar-refractivity contribution is 4.90. The van der Waals surface area contributed by atoms with E-state index >= 15 is 0 Å². The highest BCUT2D eigenvalue weighted by atomic mass is 16.5. The number of rotatable bonds is 3. The van der Waals surface area contributed by atoms with Gasteiger partial charge in [-0.3, -0.25) is 9.58 Å². The second-order valence-corrected chi connectivity index (χ2v) is 4.59. The fraction of sp³-hybridized carbons (Fsp3) is 0.727. The van der Waals surface area contributed by atoms with Crippen molar-refractivity contribution in [2.24, 2.45) is 5.92 Å². The van der Waals surface area contributed by atoms with Gasteiger partial charge in [-0.2, -0.15) is 5.10 Å². The SMILES string of the molecule is c1cnn(C2CN(CC3CCOC3)C2)c1. The van der Waals surface area contributed by atoms with Gasteiger partial charge in [0.25, 0.3) is 0 Å². The quantitative estimate of drug-likeness (QED) is 0.733. The van der Waals surface area contributed by atoms with Crippen molar-refractivity contribution >= 4 is 0 Å². The van der Waals surface area contributed by atoms with Crippen LogP contribution in [0.4, 0.5) is 0 Å². The summed E-state index contributed by atoms with van der Waals surface area (Å²) in [6.45, 7) is 5.43. The number of nitrogens with zero attached hydrogens (tertiary/aromatic N) is 3. The van der Waals surface area contributed by atoms with E-state index in [2.05, 4.69) is 20.9 Å². The molecule has 1 unspecified atom stereocenters. The van der Waals surface area contributed by atoms with Gasteiger partial charge in [0.1, 0.15) is 0 Å². The smallest absolute Gasteiger partial charge is 0.0772 e. The molecule has 1 aromatic rings. The molecule has 0 saturated carbocycles. The summed E-state index contributed by atoms with van der Waals surface area (Å²) >= 11 is 0. The van der Waals surface area contributed by atoms with Crippen molar-refractivity contribution in [1.29, 1.82) is 0 Å². The van der Waals surface area contributed by atoms with Crippen LogP contribution in [0.2, 0.25) is 0 Å². The largest absolute Gasteiger partial charge is 0.381 e. The van der Waals surface area contributed by atoms with Crippen LogP contribution >= 0.6 is 0 Å². The van der Waals surface area contributed by atoms with Crippen LogP contribution < -0.4 is 0 Å². The summed E-state index contributed by atoms with van der Waals surface area (Å²) in [6, 6.07) is 2.59. The fourth-order valence-electron chi connectivity index (χ4n) is 2.45. The molecule has 0 aromatic carbocycles. The highest BCUT2D eigenvalue weighted by Crippen LogP contribution is 2.23. The summed E-state index contributed by atoms with van der Waals surface area (Å²) in [5, 5.41) is 4.27. The van der Waals surface area contributed by atoms with Crippen molar-refractivity contribution in [3.63, 3.8) is 0 Å². The maximum absolute atomic E-state index is 5.38. The molecule has 2 saturated heterocycles. The minimum Gasteiger partial charge on any atom is -0.381 e. The van der Waals surface area contributed by atoms with E-state index in [0.717, 1.165) is 32.2 Å². The van der Waals surface area contributed by atoms with Crippen molar-refractivity contribution in [3.05, 3.63) is 18.5 Å². The van der Waals surface area contributed by atoms with E-state index in [1.54, 1.807) is 0 Å². The number of hydrogen-bond acceptors (Lipinski definition) is 3. The molecule has 0 N–H and O–H groups in total. The van der Waals surface area contributed by atoms with Gasteiger partial charge in [0, 0.05) is 38.6 Å². The Bertz CT molecular complexity index is 300. The van der Waals surface area contributed by atoms with Crippen molar-refractivity contribution in [2.45, 2.75) is 12.5 Å². The van der Waals surface area contributed by atoms with Crippen LogP contribution in [0.3, 0.4) is 0 Å². The second-order valence-electron chi connectivity index (χ2n) is 4.59. The summed E-state index contributed by atoms with van der Waals surface area (Å²) in [7, 11) is 0. The second kappa shape index (κ2) is 3.94. The molecular formula is C11H17N3O. The van der Waals surface area contributed by atoms with Gasteiger partial charge < -0.3 is 4.74 Å². The van der Waals surface area contributed by atoms with Crippen LogP contribution in [0.25, 0.3) is 0 Å². The summed E-state index contributed by atoms with van der Waals surface area (Å²) in [4.78, 5) is 2.51. The lowest BCUT2D eigenvalue weighted by atomic mass is 10.0. The Balaban J connectivity index is 1.45. The van der Waals surface area contributed by atoms with Crippen molar-refractivity contribution in [2.75, 3.05) is 32.8 Å². The standard InChI is InChI=1S/C11H17N3O/c1-3-12-14(4-1)11-7-13(8-11)6-10-2-5-15-9-10/h1,3-4,10-11H,2,5-9H2. The zero-order chi connectivity index (χ0) is 10.1. The number of aromatic nitrogens is 2. The Labute approximate surface area is 89.8 Å². The molecule has 0 radical (unpaired) electrons. The normalized spacial score (nSPS) is 28.1. The topological polar surface area (TPSA) is 30.3 Å². The zero-order valence-corrected chi connectivity index (χ0v) is 8.88. The molecule has 0 amide bonds. The summed E-state index contributed by atoms with van der Waals surface area (Å²) in [5.74, 6) is 0.767. The number of likely N-dealkylation sites (tertiary alicyclic amines) is 1. The average molecular weight is 207 g/mol. The first kappa shape index (κ1) is 9.36. The lowest BCUT2D eigenvalue weighted by Gasteiger charge is -2.40. The Kier molecular flexibility index (Phi) is 2.46. The van der Waals surface area contributed by atoms with Gasteiger partial charge >= 0.3 is 0 Å². The van der Waals surface area contributed by atoms with E-state index in [1.807, 2.05) is 12.3 Å². The molecule has 3 rings (SSSR count). The summed E-state index contributed by atoms with van der Waals surface area (Å²) < 4.78 is 7.45. The first-order valence-electron chi connectivity index (χ1n) is 5.71. The molecular weight excluding hydrogens is 190 g/mol. The molecule has 1 atom stereocenters. The minimum absolute atomic E-state index is 0.599. The van der Waals surface area contributed by atoms with Gasteiger partial charge in [-0.1, -0.05) is 0 Å². The molecule has 1 aromatic heterocycles. The molecule has 82 valence electrons. The van der Waals surface area contributed by atoms with Crippen molar-refractivity contribution < 1.29 is 4.74 Å². The van der Waals surface area contributed by atoms with Crippen LogP contribution in [-0.2, 0) is 4.74 Å². The third-order valence-electron chi connectivity index (χ3n) is 3.38. The Morgan fingerprint density at radius 2 is 2.33 bits per heavy atom. The van der Waals surface area contributed by atoms with E-state index in [0.29, 0.717) is 6.04 Å². The molecule has 15 heavy (non-hydrogen) atoms. The van der Waals surface area contributed by atoms with Gasteiger partial charge in [-0.15, -0.1) is 0 Å². The van der Waals surface area contributed by atoms with Crippen LogP contribution in [0.5, 0.6) is 0 Å². The monoisotopic (exact) mass is 207 g/mol. The van der Waals surface area contributed by atoms with Crippen LogP contribution in [0, 0.1) is 5.92 Å². The van der Waals surface area contributed by atoms with E-state index in [4.69, 9.17) is 4.74 Å². The number of hydrogen-bond donors (Lipinski definition) is 0. The molecule has 0 bridgehead atoms. The Morgan fingerprint density at radius 1 is 1.40 bits per heavy atom. The van der Waals surface area contributed by atoms with Gasteiger partial charge in [0.2, 0.25) is 0 Å². The van der Waals surface area contributed by atoms with Crippen molar-refractivity contribution in [1.82, 2.24) is 14.7 Å². The maximum atomic E-state index is 5.38. The van der Waals surface area contributed by atoms with E-state index in [-0.39, 0.29) is 0 Å². The minimum atomic E-state index is 0.599. The Morgan fingerprint density at radius 3 is 3.00 bits per heavy atom. The van der Waals surface area contributed by atoms with Gasteiger partial charge in [0.05, 0.1) is 12.6 Å². The average Bonchev–Trinajstić information content (AvgIpc) is 2.83. The van der Waals surface area contributed by atoms with E-state index in [1.165, 1.54) is 13.0 Å². The van der Waals surface area contributed by atoms with E-state index < -0.39 is 0 Å². The first-order valence-corrected chi connectivity index (χ1v) is 5.71. The predicted octanol–water partition coefficient (Wildman–Crippen LogP) is 0.776. The molecule has 3 heterocycles. The molecule has 0 spiro atoms. The fourth-order valence-corrected chi connectivity index (χ4v) is 2.45. The molecule has 2 aliphatic heterocycles. The zero-order valence-electron chi connectivity index (χ0n) is 8.88. The number of ether oxygens (including phenoxy) is 1.